The Morgan fingerprint density at radius 2 is 1.95 bits per heavy atom. The van der Waals surface area contributed by atoms with Crippen LogP contribution >= 0.6 is 11.3 Å². The lowest BCUT2D eigenvalue weighted by Crippen LogP contribution is -2.51. The lowest BCUT2D eigenvalue weighted by Gasteiger charge is -2.57. The lowest BCUT2D eigenvalue weighted by molar-refractivity contribution is -0.383. The Hall–Kier alpha value is -2.29. The summed E-state index contributed by atoms with van der Waals surface area (Å²) in [6.45, 7) is 10.7. The molecule has 6 aliphatic rings. The molecule has 0 radical (unpaired) electrons. The van der Waals surface area contributed by atoms with Crippen molar-refractivity contribution in [2.24, 2.45) is 46.3 Å². The van der Waals surface area contributed by atoms with Gasteiger partial charge in [0.2, 0.25) is 0 Å². The fourth-order valence-corrected chi connectivity index (χ4v) is 12.0. The van der Waals surface area contributed by atoms with Crippen molar-refractivity contribution in [1.82, 2.24) is 4.98 Å². The van der Waals surface area contributed by atoms with E-state index in [-0.39, 0.29) is 21.8 Å². The first-order valence-corrected chi connectivity index (χ1v) is 17.0. The van der Waals surface area contributed by atoms with Gasteiger partial charge in [0, 0.05) is 18.4 Å². The molecule has 1 aromatic carbocycles. The number of nitro groups is 1. The number of hydrogen-bond acceptors (Lipinski definition) is 7. The maximum absolute atomic E-state index is 11.6. The van der Waals surface area contributed by atoms with Crippen molar-refractivity contribution in [1.29, 1.82) is 0 Å². The quantitative estimate of drug-likeness (QED) is 0.286. The molecule has 0 amide bonds. The van der Waals surface area contributed by atoms with Gasteiger partial charge in [0.15, 0.2) is 10.9 Å². The van der Waals surface area contributed by atoms with Crippen molar-refractivity contribution in [3.63, 3.8) is 0 Å². The van der Waals surface area contributed by atoms with Gasteiger partial charge in [0.1, 0.15) is 5.69 Å². The second-order valence-electron chi connectivity index (χ2n) is 14.9. The van der Waals surface area contributed by atoms with Gasteiger partial charge < -0.3 is 14.8 Å². The zero-order valence-electron chi connectivity index (χ0n) is 25.2. The molecule has 4 aliphatic carbocycles. The number of rotatable bonds is 3. The Morgan fingerprint density at radius 1 is 1.12 bits per heavy atom. The lowest BCUT2D eigenvalue weighted by atomic mass is 9.47. The number of anilines is 2. The molecule has 7 nitrogen and oxygen atoms in total. The number of benzene rings is 1. The number of aromatic nitrogens is 1. The Kier molecular flexibility index (Phi) is 6.07. The van der Waals surface area contributed by atoms with Crippen LogP contribution in [0.4, 0.5) is 16.5 Å². The van der Waals surface area contributed by atoms with Crippen LogP contribution in [0, 0.1) is 56.5 Å². The van der Waals surface area contributed by atoms with E-state index in [1.165, 1.54) is 36.1 Å². The molecule has 0 unspecified atom stereocenters. The Bertz CT molecular complexity index is 1460. The average molecular weight is 590 g/mol. The van der Waals surface area contributed by atoms with Gasteiger partial charge in [-0.25, -0.2) is 4.98 Å². The third kappa shape index (κ3) is 3.73. The van der Waals surface area contributed by atoms with Crippen molar-refractivity contribution >= 4 is 33.4 Å². The molecule has 8 rings (SSSR count). The highest BCUT2D eigenvalue weighted by Gasteiger charge is 2.68. The maximum Gasteiger partial charge on any atom is 0.292 e. The molecule has 8 heteroatoms. The molecule has 42 heavy (non-hydrogen) atoms. The monoisotopic (exact) mass is 589 g/mol. The van der Waals surface area contributed by atoms with Crippen LogP contribution in [-0.2, 0) is 15.9 Å². The molecule has 2 aromatic rings. The van der Waals surface area contributed by atoms with Crippen molar-refractivity contribution in [2.45, 2.75) is 91.0 Å². The van der Waals surface area contributed by atoms with Gasteiger partial charge in [0.05, 0.1) is 28.2 Å². The fourth-order valence-electron chi connectivity index (χ4n) is 10.8. The van der Waals surface area contributed by atoms with Crippen LogP contribution in [0.5, 0.6) is 0 Å². The average Bonchev–Trinajstić information content (AvgIpc) is 3.59. The van der Waals surface area contributed by atoms with E-state index in [0.29, 0.717) is 52.7 Å². The number of aryl methyl sites for hydroxylation is 1. The third-order valence-corrected chi connectivity index (χ3v) is 13.9. The van der Waals surface area contributed by atoms with E-state index in [9.17, 15) is 10.1 Å². The molecule has 1 spiro atoms. The van der Waals surface area contributed by atoms with Crippen LogP contribution in [-0.4, -0.2) is 28.4 Å². The van der Waals surface area contributed by atoms with Gasteiger partial charge >= 0.3 is 0 Å². The number of ether oxygens (including phenoxy) is 2. The highest BCUT2D eigenvalue weighted by molar-refractivity contribution is 7.16. The molecule has 2 saturated carbocycles. The summed E-state index contributed by atoms with van der Waals surface area (Å²) in [5, 5.41) is 15.6. The van der Waals surface area contributed by atoms with E-state index in [1.54, 1.807) is 29.5 Å². The first-order valence-electron chi connectivity index (χ1n) is 16.2. The van der Waals surface area contributed by atoms with Crippen LogP contribution in [0.3, 0.4) is 0 Å². The van der Waals surface area contributed by atoms with E-state index < -0.39 is 0 Å². The zero-order valence-corrected chi connectivity index (χ0v) is 26.0. The molecule has 10 atom stereocenters. The summed E-state index contributed by atoms with van der Waals surface area (Å²) in [6, 6.07) is 6.83. The Morgan fingerprint density at radius 3 is 2.74 bits per heavy atom. The van der Waals surface area contributed by atoms with Crippen LogP contribution in [0.2, 0.25) is 0 Å². The van der Waals surface area contributed by atoms with Crippen LogP contribution in [0.25, 0.3) is 5.57 Å². The highest BCUT2D eigenvalue weighted by Crippen LogP contribution is 2.71. The summed E-state index contributed by atoms with van der Waals surface area (Å²) >= 11 is 1.67. The molecular formula is C34H43N3O4S. The molecule has 2 saturated heterocycles. The van der Waals surface area contributed by atoms with E-state index in [2.05, 4.69) is 39.1 Å². The summed E-state index contributed by atoms with van der Waals surface area (Å²) in [7, 11) is 0. The smallest absolute Gasteiger partial charge is 0.292 e. The SMILES string of the molecule is C[C@@H]1CC[C@@]2(OC1)O[C@H]1C[C@H]3[C@@H]4CC=C5c6sc(Nc7ccccc7[N+](=O)[O-])nc6CC[C@]5(C)[C@H]4CC[C@]3(C)[C@H]1[C@@H]2C. The van der Waals surface area contributed by atoms with Crippen molar-refractivity contribution in [2.75, 3.05) is 11.9 Å². The van der Waals surface area contributed by atoms with E-state index in [1.807, 2.05) is 6.07 Å². The predicted molar refractivity (Wildman–Crippen MR) is 165 cm³/mol. The number of hydrogen-bond donors (Lipinski definition) is 1. The maximum atomic E-state index is 11.6. The van der Waals surface area contributed by atoms with Gasteiger partial charge in [-0.3, -0.25) is 10.1 Å². The largest absolute Gasteiger partial charge is 0.349 e. The van der Waals surface area contributed by atoms with E-state index in [4.69, 9.17) is 14.5 Å². The molecule has 3 heterocycles. The van der Waals surface area contributed by atoms with Crippen molar-refractivity contribution < 1.29 is 14.4 Å². The molecule has 2 aliphatic heterocycles. The van der Waals surface area contributed by atoms with Gasteiger partial charge in [0.25, 0.3) is 5.69 Å². The van der Waals surface area contributed by atoms with Gasteiger partial charge in [-0.1, -0.05) is 57.2 Å². The molecule has 0 bridgehead atoms. The Balaban J connectivity index is 1.06. The number of allylic oxidation sites excluding steroid dienone is 2. The van der Waals surface area contributed by atoms with Crippen molar-refractivity contribution in [3.8, 4) is 0 Å². The first kappa shape index (κ1) is 27.3. The minimum atomic E-state index is -0.351. The molecule has 1 N–H and O–H groups in total. The van der Waals surface area contributed by atoms with Gasteiger partial charge in [-0.2, -0.15) is 0 Å². The first-order chi connectivity index (χ1) is 20.1. The minimum Gasteiger partial charge on any atom is -0.349 e. The molecular weight excluding hydrogens is 546 g/mol. The summed E-state index contributed by atoms with van der Waals surface area (Å²) in [6.07, 6.45) is 12.1. The second kappa shape index (κ2) is 9.35. The number of nitro benzene ring substituents is 1. The van der Waals surface area contributed by atoms with E-state index >= 15 is 0 Å². The van der Waals surface area contributed by atoms with Crippen molar-refractivity contribution in [3.05, 3.63) is 51.0 Å². The number of para-hydroxylation sites is 2. The normalized spacial score (nSPS) is 43.5. The molecule has 4 fully saturated rings. The standard InChI is InChI=1S/C34H43N3O4S/c1-19-11-16-34(40-18-19)20(2)29-28(41-34)17-24-21-9-10-23-30-26(13-15-32(23,3)22(21)12-14-33(24,29)4)36-31(42-30)35-25-7-5-6-8-27(25)37(38)39/h5-8,10,19-22,24,28-29H,9,11-18H2,1-4H3,(H,35,36)/t19-,20+,21-,22+,24+,28+,29+,32-,33+,34-/m1/s1. The van der Waals surface area contributed by atoms with Crippen LogP contribution < -0.4 is 5.32 Å². The number of nitrogens with zero attached hydrogens (tertiary/aromatic N) is 2. The highest BCUT2D eigenvalue weighted by atomic mass is 32.1. The van der Waals surface area contributed by atoms with Crippen LogP contribution in [0.1, 0.15) is 83.2 Å². The van der Waals surface area contributed by atoms with E-state index in [0.717, 1.165) is 43.1 Å². The molecule has 1 aromatic heterocycles. The summed E-state index contributed by atoms with van der Waals surface area (Å²) in [5.41, 5.74) is 3.67. The number of nitrogens with one attached hydrogen (secondary N) is 1. The second-order valence-corrected chi connectivity index (χ2v) is 15.9. The number of fused-ring (bicyclic) bond motifs is 9. The third-order valence-electron chi connectivity index (χ3n) is 12.9. The van der Waals surface area contributed by atoms with Gasteiger partial charge in [-0.05, 0) is 97.0 Å². The topological polar surface area (TPSA) is 86.5 Å². The number of thiazole rings is 1. The van der Waals surface area contributed by atoms with Crippen LogP contribution in [0.15, 0.2) is 30.3 Å². The minimum absolute atomic E-state index is 0.0793. The Labute approximate surface area is 252 Å². The summed E-state index contributed by atoms with van der Waals surface area (Å²) < 4.78 is 13.5. The molecule has 224 valence electrons. The van der Waals surface area contributed by atoms with Gasteiger partial charge in [-0.15, -0.1) is 0 Å². The zero-order chi connectivity index (χ0) is 29.0. The predicted octanol–water partition coefficient (Wildman–Crippen LogP) is 8.38. The summed E-state index contributed by atoms with van der Waals surface area (Å²) in [5.74, 6) is 3.39. The fraction of sp³-hybridized carbons (Fsp3) is 0.676. The summed E-state index contributed by atoms with van der Waals surface area (Å²) in [4.78, 5) is 17.5.